The van der Waals surface area contributed by atoms with Crippen molar-refractivity contribution < 1.29 is 4.74 Å². The Balaban J connectivity index is 2.40. The molecule has 0 aliphatic heterocycles. The van der Waals surface area contributed by atoms with Crippen molar-refractivity contribution in [2.24, 2.45) is 0 Å². The molecule has 0 aliphatic rings. The molecular formula is C10H14N2O. The fraction of sp³-hybridized carbons (Fsp3) is 0.300. The molecule has 0 amide bonds. The summed E-state index contributed by atoms with van der Waals surface area (Å²) in [6.07, 6.45) is 0. The summed E-state index contributed by atoms with van der Waals surface area (Å²) in [6.45, 7) is 1.29. The fourth-order valence-electron chi connectivity index (χ4n) is 0.985. The Labute approximate surface area is 78.2 Å². The first-order valence-electron chi connectivity index (χ1n) is 4.21. The first-order chi connectivity index (χ1) is 6.34. The molecule has 0 saturated carbocycles. The van der Waals surface area contributed by atoms with E-state index >= 15 is 0 Å². The topological polar surface area (TPSA) is 45.1 Å². The molecule has 0 atom stereocenters. The Bertz CT molecular complexity index is 259. The van der Waals surface area contributed by atoms with Gasteiger partial charge in [0.1, 0.15) is 5.84 Å². The van der Waals surface area contributed by atoms with Crippen LogP contribution in [0.2, 0.25) is 0 Å². The van der Waals surface area contributed by atoms with Crippen LogP contribution in [-0.2, 0) is 4.74 Å². The van der Waals surface area contributed by atoms with E-state index < -0.39 is 0 Å². The van der Waals surface area contributed by atoms with Gasteiger partial charge < -0.3 is 10.1 Å². The standard InChI is InChI=1S/C10H14N2O/c1-13-8-7-12-10(11)9-5-3-2-4-6-9/h2-6H,7-8H2,1H3,(H2,11,12). The van der Waals surface area contributed by atoms with E-state index in [1.165, 1.54) is 0 Å². The number of methoxy groups -OCH3 is 1. The molecule has 0 spiro atoms. The van der Waals surface area contributed by atoms with Gasteiger partial charge in [-0.3, -0.25) is 5.41 Å². The molecule has 1 aromatic carbocycles. The zero-order valence-corrected chi connectivity index (χ0v) is 7.71. The van der Waals surface area contributed by atoms with Gasteiger partial charge in [-0.05, 0) is 0 Å². The van der Waals surface area contributed by atoms with Crippen molar-refractivity contribution in [1.29, 1.82) is 5.41 Å². The van der Waals surface area contributed by atoms with Gasteiger partial charge in [0.25, 0.3) is 0 Å². The third kappa shape index (κ3) is 3.25. The van der Waals surface area contributed by atoms with Gasteiger partial charge in [0.15, 0.2) is 0 Å². The highest BCUT2D eigenvalue weighted by molar-refractivity contribution is 5.96. The van der Waals surface area contributed by atoms with E-state index in [9.17, 15) is 0 Å². The number of hydrogen-bond acceptors (Lipinski definition) is 2. The zero-order valence-electron chi connectivity index (χ0n) is 7.71. The molecule has 0 unspecified atom stereocenters. The van der Waals surface area contributed by atoms with Gasteiger partial charge in [-0.25, -0.2) is 0 Å². The van der Waals surface area contributed by atoms with Crippen molar-refractivity contribution >= 4 is 5.84 Å². The summed E-state index contributed by atoms with van der Waals surface area (Å²) in [5.74, 6) is 0.442. The zero-order chi connectivity index (χ0) is 9.52. The highest BCUT2D eigenvalue weighted by Gasteiger charge is 1.97. The van der Waals surface area contributed by atoms with E-state index in [0.29, 0.717) is 19.0 Å². The average Bonchev–Trinajstić information content (AvgIpc) is 2.19. The molecule has 3 nitrogen and oxygen atoms in total. The minimum Gasteiger partial charge on any atom is -0.383 e. The van der Waals surface area contributed by atoms with Crippen molar-refractivity contribution in [2.75, 3.05) is 20.3 Å². The largest absolute Gasteiger partial charge is 0.383 e. The molecule has 1 rings (SSSR count). The molecule has 1 aromatic rings. The minimum atomic E-state index is 0.442. The maximum atomic E-state index is 7.64. The van der Waals surface area contributed by atoms with E-state index in [-0.39, 0.29) is 0 Å². The molecule has 3 heteroatoms. The summed E-state index contributed by atoms with van der Waals surface area (Å²) in [6, 6.07) is 9.58. The van der Waals surface area contributed by atoms with Gasteiger partial charge in [0.05, 0.1) is 6.61 Å². The van der Waals surface area contributed by atoms with Gasteiger partial charge in [0, 0.05) is 19.2 Å². The molecule has 0 radical (unpaired) electrons. The second-order valence-corrected chi connectivity index (χ2v) is 2.66. The second kappa shape index (κ2) is 5.32. The molecule has 70 valence electrons. The van der Waals surface area contributed by atoms with Crippen molar-refractivity contribution in [3.63, 3.8) is 0 Å². The number of benzene rings is 1. The Morgan fingerprint density at radius 2 is 2.08 bits per heavy atom. The highest BCUT2D eigenvalue weighted by atomic mass is 16.5. The number of amidine groups is 1. The van der Waals surface area contributed by atoms with Crippen molar-refractivity contribution in [1.82, 2.24) is 5.32 Å². The highest BCUT2D eigenvalue weighted by Crippen LogP contribution is 1.96. The third-order valence-corrected chi connectivity index (χ3v) is 1.67. The van der Waals surface area contributed by atoms with Crippen LogP contribution in [0, 0.1) is 5.41 Å². The minimum absolute atomic E-state index is 0.442. The summed E-state index contributed by atoms with van der Waals surface area (Å²) in [7, 11) is 1.65. The van der Waals surface area contributed by atoms with Crippen LogP contribution in [0.3, 0.4) is 0 Å². The normalized spacial score (nSPS) is 9.62. The van der Waals surface area contributed by atoms with Crippen molar-refractivity contribution in [3.05, 3.63) is 35.9 Å². The molecule has 13 heavy (non-hydrogen) atoms. The van der Waals surface area contributed by atoms with Crippen LogP contribution in [0.15, 0.2) is 30.3 Å². The molecule has 0 aromatic heterocycles. The number of hydrogen-bond donors (Lipinski definition) is 2. The molecule has 2 N–H and O–H groups in total. The molecule has 0 saturated heterocycles. The molecular weight excluding hydrogens is 164 g/mol. The van der Waals surface area contributed by atoms with Crippen LogP contribution in [-0.4, -0.2) is 26.1 Å². The van der Waals surface area contributed by atoms with Crippen LogP contribution in [0.25, 0.3) is 0 Å². The molecule has 0 aliphatic carbocycles. The fourth-order valence-corrected chi connectivity index (χ4v) is 0.985. The lowest BCUT2D eigenvalue weighted by Crippen LogP contribution is -2.26. The van der Waals surface area contributed by atoms with Gasteiger partial charge in [-0.15, -0.1) is 0 Å². The van der Waals surface area contributed by atoms with E-state index in [1.54, 1.807) is 7.11 Å². The summed E-state index contributed by atoms with van der Waals surface area (Å²) in [5.41, 5.74) is 0.901. The maximum absolute atomic E-state index is 7.64. The summed E-state index contributed by atoms with van der Waals surface area (Å²) in [4.78, 5) is 0. The Morgan fingerprint density at radius 3 is 2.69 bits per heavy atom. The maximum Gasteiger partial charge on any atom is 0.125 e. The molecule has 0 heterocycles. The first kappa shape index (κ1) is 9.74. The van der Waals surface area contributed by atoms with Gasteiger partial charge in [0.2, 0.25) is 0 Å². The average molecular weight is 178 g/mol. The van der Waals surface area contributed by atoms with E-state index in [2.05, 4.69) is 5.32 Å². The summed E-state index contributed by atoms with van der Waals surface area (Å²) in [5, 5.41) is 10.6. The van der Waals surface area contributed by atoms with E-state index in [4.69, 9.17) is 10.1 Å². The number of nitrogens with one attached hydrogen (secondary N) is 2. The number of ether oxygens (including phenoxy) is 1. The lowest BCUT2D eigenvalue weighted by atomic mass is 10.2. The van der Waals surface area contributed by atoms with E-state index in [1.807, 2.05) is 30.3 Å². The first-order valence-corrected chi connectivity index (χ1v) is 4.21. The molecule has 0 bridgehead atoms. The SMILES string of the molecule is COCCNC(=N)c1ccccc1. The van der Waals surface area contributed by atoms with Gasteiger partial charge in [-0.1, -0.05) is 30.3 Å². The number of rotatable bonds is 4. The lowest BCUT2D eigenvalue weighted by molar-refractivity contribution is 0.204. The second-order valence-electron chi connectivity index (χ2n) is 2.66. The van der Waals surface area contributed by atoms with E-state index in [0.717, 1.165) is 5.56 Å². The summed E-state index contributed by atoms with van der Waals surface area (Å²) >= 11 is 0. The monoisotopic (exact) mass is 178 g/mol. The van der Waals surface area contributed by atoms with Crippen LogP contribution >= 0.6 is 0 Å². The van der Waals surface area contributed by atoms with Crippen molar-refractivity contribution in [2.45, 2.75) is 0 Å². The quantitative estimate of drug-likeness (QED) is 0.414. The predicted octanol–water partition coefficient (Wildman–Crippen LogP) is 1.25. The predicted molar refractivity (Wildman–Crippen MR) is 53.1 cm³/mol. The van der Waals surface area contributed by atoms with Crippen LogP contribution < -0.4 is 5.32 Å². The van der Waals surface area contributed by atoms with Crippen molar-refractivity contribution in [3.8, 4) is 0 Å². The van der Waals surface area contributed by atoms with Crippen LogP contribution in [0.5, 0.6) is 0 Å². The summed E-state index contributed by atoms with van der Waals surface area (Å²) < 4.78 is 4.87. The molecule has 0 fully saturated rings. The van der Waals surface area contributed by atoms with Gasteiger partial charge in [-0.2, -0.15) is 0 Å². The Kier molecular flexibility index (Phi) is 3.99. The smallest absolute Gasteiger partial charge is 0.125 e. The Morgan fingerprint density at radius 1 is 1.38 bits per heavy atom. The third-order valence-electron chi connectivity index (χ3n) is 1.67. The lowest BCUT2D eigenvalue weighted by Gasteiger charge is -2.06. The van der Waals surface area contributed by atoms with Crippen LogP contribution in [0.4, 0.5) is 0 Å². The van der Waals surface area contributed by atoms with Gasteiger partial charge >= 0.3 is 0 Å². The Hall–Kier alpha value is -1.35. The van der Waals surface area contributed by atoms with Crippen LogP contribution in [0.1, 0.15) is 5.56 Å².